The van der Waals surface area contributed by atoms with E-state index in [1.54, 1.807) is 0 Å². The van der Waals surface area contributed by atoms with Crippen molar-refractivity contribution in [2.24, 2.45) is 0 Å². The molecule has 0 aliphatic rings. The van der Waals surface area contributed by atoms with E-state index in [-0.39, 0.29) is 0 Å². The fourth-order valence-corrected chi connectivity index (χ4v) is 1.27. The third kappa shape index (κ3) is 2.84. The van der Waals surface area contributed by atoms with Crippen LogP contribution in [0, 0.1) is 0 Å². The van der Waals surface area contributed by atoms with Gasteiger partial charge in [0.05, 0.1) is 0 Å². The van der Waals surface area contributed by atoms with Crippen molar-refractivity contribution in [3.05, 3.63) is 41.0 Å². The molecular weight excluding hydrogens is 172 g/mol. The van der Waals surface area contributed by atoms with E-state index >= 15 is 0 Å². The Kier molecular flexibility index (Phi) is 3.63. The van der Waals surface area contributed by atoms with E-state index in [1.807, 2.05) is 25.1 Å². The maximum Gasteiger partial charge on any atom is 0.145 e. The third-order valence-corrected chi connectivity index (χ3v) is 2.18. The molecule has 0 heterocycles. The number of hydrogen-bond donors (Lipinski definition) is 0. The second kappa shape index (κ2) is 4.75. The van der Waals surface area contributed by atoms with E-state index in [1.165, 1.54) is 5.56 Å². The normalized spacial score (nSPS) is 11.9. The van der Waals surface area contributed by atoms with Crippen molar-refractivity contribution in [3.8, 4) is 0 Å². The molecule has 1 aromatic rings. The molecule has 0 aliphatic carbocycles. The number of hydrogen-bond acceptors (Lipinski definition) is 1. The molecule has 74 valence electrons. The van der Waals surface area contributed by atoms with Crippen molar-refractivity contribution in [2.75, 3.05) is 0 Å². The summed E-state index contributed by atoms with van der Waals surface area (Å²) in [5.74, 6) is 0.556. The van der Waals surface area contributed by atoms with Gasteiger partial charge in [0, 0.05) is 0 Å². The minimum atomic E-state index is 0.556. The molecular formula is C13H16O. The standard InChI is InChI=1S/C13H16O/c1-10(2)13-6-4-12(5-7-13)8-11(3)9-14/h4-10H,1-3H3/b11-8+. The zero-order chi connectivity index (χ0) is 10.6. The highest BCUT2D eigenvalue weighted by atomic mass is 16.1. The summed E-state index contributed by atoms with van der Waals surface area (Å²) in [4.78, 5) is 10.4. The molecule has 0 aliphatic heterocycles. The van der Waals surface area contributed by atoms with Crippen molar-refractivity contribution in [3.63, 3.8) is 0 Å². The van der Waals surface area contributed by atoms with Crippen LogP contribution in [-0.2, 0) is 4.79 Å². The van der Waals surface area contributed by atoms with Gasteiger partial charge < -0.3 is 0 Å². The summed E-state index contributed by atoms with van der Waals surface area (Å²) in [7, 11) is 0. The first-order valence-corrected chi connectivity index (χ1v) is 4.87. The monoisotopic (exact) mass is 188 g/mol. The van der Waals surface area contributed by atoms with Gasteiger partial charge in [-0.2, -0.15) is 0 Å². The molecule has 0 spiro atoms. The Hall–Kier alpha value is -1.37. The van der Waals surface area contributed by atoms with Crippen LogP contribution in [0.2, 0.25) is 0 Å². The summed E-state index contributed by atoms with van der Waals surface area (Å²) < 4.78 is 0. The Morgan fingerprint density at radius 3 is 2.21 bits per heavy atom. The molecule has 0 atom stereocenters. The number of rotatable bonds is 3. The number of carbonyl (C=O) groups excluding carboxylic acids is 1. The topological polar surface area (TPSA) is 17.1 Å². The summed E-state index contributed by atoms with van der Waals surface area (Å²) in [6.45, 7) is 6.15. The Morgan fingerprint density at radius 2 is 1.79 bits per heavy atom. The maximum absolute atomic E-state index is 10.4. The van der Waals surface area contributed by atoms with Crippen molar-refractivity contribution < 1.29 is 4.79 Å². The lowest BCUT2D eigenvalue weighted by Gasteiger charge is -2.04. The largest absolute Gasteiger partial charge is 0.298 e. The molecule has 1 aromatic carbocycles. The van der Waals surface area contributed by atoms with Gasteiger partial charge in [-0.1, -0.05) is 38.1 Å². The average Bonchev–Trinajstić information content (AvgIpc) is 2.18. The van der Waals surface area contributed by atoms with Crippen molar-refractivity contribution in [2.45, 2.75) is 26.7 Å². The van der Waals surface area contributed by atoms with Gasteiger partial charge in [-0.15, -0.1) is 0 Å². The molecule has 0 bridgehead atoms. The molecule has 0 radical (unpaired) electrons. The van der Waals surface area contributed by atoms with Crippen molar-refractivity contribution in [1.82, 2.24) is 0 Å². The third-order valence-electron chi connectivity index (χ3n) is 2.18. The summed E-state index contributed by atoms with van der Waals surface area (Å²) >= 11 is 0. The average molecular weight is 188 g/mol. The van der Waals surface area contributed by atoms with Gasteiger partial charge in [0.25, 0.3) is 0 Å². The summed E-state index contributed by atoms with van der Waals surface area (Å²) in [6.07, 6.45) is 2.76. The first-order chi connectivity index (χ1) is 6.63. The highest BCUT2D eigenvalue weighted by molar-refractivity contribution is 5.80. The quantitative estimate of drug-likeness (QED) is 0.524. The molecule has 1 heteroatoms. The van der Waals surface area contributed by atoms with Gasteiger partial charge in [-0.25, -0.2) is 0 Å². The molecule has 0 saturated carbocycles. The first-order valence-electron chi connectivity index (χ1n) is 4.87. The predicted molar refractivity (Wildman–Crippen MR) is 60.2 cm³/mol. The molecule has 0 aromatic heterocycles. The van der Waals surface area contributed by atoms with Crippen LogP contribution in [-0.4, -0.2) is 6.29 Å². The van der Waals surface area contributed by atoms with Crippen LogP contribution in [0.1, 0.15) is 37.8 Å². The maximum atomic E-state index is 10.4. The minimum Gasteiger partial charge on any atom is -0.298 e. The first kappa shape index (κ1) is 10.7. The molecule has 0 fully saturated rings. The zero-order valence-corrected chi connectivity index (χ0v) is 8.95. The fourth-order valence-electron chi connectivity index (χ4n) is 1.27. The van der Waals surface area contributed by atoms with Crippen molar-refractivity contribution in [1.29, 1.82) is 0 Å². The Bertz CT molecular complexity index is 331. The second-order valence-corrected chi connectivity index (χ2v) is 3.83. The van der Waals surface area contributed by atoms with Crippen LogP contribution in [0.5, 0.6) is 0 Å². The fraction of sp³-hybridized carbons (Fsp3) is 0.308. The van der Waals surface area contributed by atoms with Gasteiger partial charge in [0.15, 0.2) is 0 Å². The number of benzene rings is 1. The number of allylic oxidation sites excluding steroid dienone is 1. The molecule has 1 nitrogen and oxygen atoms in total. The van der Waals surface area contributed by atoms with Gasteiger partial charge in [0.2, 0.25) is 0 Å². The highest BCUT2D eigenvalue weighted by Gasteiger charge is 1.97. The Balaban J connectivity index is 2.89. The number of carbonyl (C=O) groups is 1. The van der Waals surface area contributed by atoms with E-state index < -0.39 is 0 Å². The van der Waals surface area contributed by atoms with Gasteiger partial charge in [-0.05, 0) is 35.6 Å². The number of aldehydes is 1. The lowest BCUT2D eigenvalue weighted by molar-refractivity contribution is -0.104. The molecule has 0 unspecified atom stereocenters. The van der Waals surface area contributed by atoms with E-state index in [0.717, 1.165) is 17.4 Å². The van der Waals surface area contributed by atoms with Crippen LogP contribution < -0.4 is 0 Å². The molecule has 1 rings (SSSR count). The van der Waals surface area contributed by atoms with Gasteiger partial charge >= 0.3 is 0 Å². The van der Waals surface area contributed by atoms with E-state index in [9.17, 15) is 4.79 Å². The highest BCUT2D eigenvalue weighted by Crippen LogP contribution is 2.15. The lowest BCUT2D eigenvalue weighted by Crippen LogP contribution is -1.86. The van der Waals surface area contributed by atoms with Crippen LogP contribution in [0.3, 0.4) is 0 Å². The summed E-state index contributed by atoms with van der Waals surface area (Å²) in [6, 6.07) is 8.30. The minimum absolute atomic E-state index is 0.556. The Labute approximate surface area is 85.5 Å². The van der Waals surface area contributed by atoms with Gasteiger partial charge in [0.1, 0.15) is 6.29 Å². The SMILES string of the molecule is C/C(C=O)=C\c1ccc(C(C)C)cc1. The van der Waals surface area contributed by atoms with Crippen LogP contribution in [0.4, 0.5) is 0 Å². The molecule has 0 amide bonds. The molecule has 14 heavy (non-hydrogen) atoms. The second-order valence-electron chi connectivity index (χ2n) is 3.83. The molecule has 0 saturated heterocycles. The van der Waals surface area contributed by atoms with Crippen LogP contribution >= 0.6 is 0 Å². The van der Waals surface area contributed by atoms with E-state index in [4.69, 9.17) is 0 Å². The zero-order valence-electron chi connectivity index (χ0n) is 8.95. The van der Waals surface area contributed by atoms with Gasteiger partial charge in [-0.3, -0.25) is 4.79 Å². The Morgan fingerprint density at radius 1 is 1.21 bits per heavy atom. The smallest absolute Gasteiger partial charge is 0.145 e. The predicted octanol–water partition coefficient (Wildman–Crippen LogP) is 3.41. The summed E-state index contributed by atoms with van der Waals surface area (Å²) in [5.41, 5.74) is 3.16. The molecule has 0 N–H and O–H groups in total. The summed E-state index contributed by atoms with van der Waals surface area (Å²) in [5, 5.41) is 0. The van der Waals surface area contributed by atoms with E-state index in [0.29, 0.717) is 5.92 Å². The van der Waals surface area contributed by atoms with Crippen LogP contribution in [0.15, 0.2) is 29.8 Å². The van der Waals surface area contributed by atoms with Crippen LogP contribution in [0.25, 0.3) is 6.08 Å². The lowest BCUT2D eigenvalue weighted by atomic mass is 10.0. The van der Waals surface area contributed by atoms with E-state index in [2.05, 4.69) is 26.0 Å². The van der Waals surface area contributed by atoms with Crippen molar-refractivity contribution >= 4 is 12.4 Å².